The molecule has 0 aliphatic rings. The Hall–Kier alpha value is -3.02. The third-order valence-electron chi connectivity index (χ3n) is 3.08. The van der Waals surface area contributed by atoms with E-state index in [0.29, 0.717) is 22.7 Å². The Balaban J connectivity index is 2.17. The Labute approximate surface area is 127 Å². The lowest BCUT2D eigenvalue weighted by atomic mass is 10.1. The van der Waals surface area contributed by atoms with Crippen molar-refractivity contribution in [3.05, 3.63) is 53.6 Å². The molecule has 0 radical (unpaired) electrons. The summed E-state index contributed by atoms with van der Waals surface area (Å²) < 4.78 is 5.12. The first-order chi connectivity index (χ1) is 10.5. The van der Waals surface area contributed by atoms with Gasteiger partial charge in [-0.2, -0.15) is 5.10 Å². The third-order valence-corrected chi connectivity index (χ3v) is 3.08. The highest BCUT2D eigenvalue weighted by atomic mass is 16.5. The van der Waals surface area contributed by atoms with Gasteiger partial charge < -0.3 is 14.9 Å². The average Bonchev–Trinajstić information content (AvgIpc) is 2.53. The number of benzene rings is 2. The van der Waals surface area contributed by atoms with Gasteiger partial charge in [0.25, 0.3) is 0 Å². The summed E-state index contributed by atoms with van der Waals surface area (Å²) in [4.78, 5) is 10.8. The van der Waals surface area contributed by atoms with Crippen LogP contribution in [0.15, 0.2) is 47.6 Å². The van der Waals surface area contributed by atoms with Crippen LogP contribution in [0.25, 0.3) is 0 Å². The lowest BCUT2D eigenvalue weighted by Crippen LogP contribution is -2.01. The van der Waals surface area contributed by atoms with Crippen LogP contribution in [0, 0.1) is 0 Å². The first-order valence-corrected chi connectivity index (χ1v) is 6.52. The fourth-order valence-corrected chi connectivity index (χ4v) is 1.83. The molecule has 114 valence electrons. The molecular formula is C16H16N2O4. The first-order valence-electron chi connectivity index (χ1n) is 6.52. The Morgan fingerprint density at radius 2 is 1.86 bits per heavy atom. The van der Waals surface area contributed by atoms with Gasteiger partial charge in [-0.3, -0.25) is 5.43 Å². The van der Waals surface area contributed by atoms with E-state index in [1.54, 1.807) is 38.3 Å². The number of hydrogen-bond acceptors (Lipinski definition) is 5. The number of carboxylic acid groups (broad SMARTS) is 1. The molecule has 0 bridgehead atoms. The quantitative estimate of drug-likeness (QED) is 0.583. The van der Waals surface area contributed by atoms with Crippen molar-refractivity contribution in [2.75, 3.05) is 12.5 Å². The molecule has 6 nitrogen and oxygen atoms in total. The lowest BCUT2D eigenvalue weighted by molar-refractivity contribution is 0.0697. The van der Waals surface area contributed by atoms with Crippen LogP contribution >= 0.6 is 0 Å². The molecular weight excluding hydrogens is 284 g/mol. The van der Waals surface area contributed by atoms with E-state index in [1.165, 1.54) is 18.2 Å². The number of hydrogen-bond donors (Lipinski definition) is 3. The minimum atomic E-state index is -0.979. The minimum absolute atomic E-state index is 0.102. The number of methoxy groups -OCH3 is 1. The smallest absolute Gasteiger partial charge is 0.335 e. The van der Waals surface area contributed by atoms with E-state index in [2.05, 4.69) is 10.5 Å². The summed E-state index contributed by atoms with van der Waals surface area (Å²) >= 11 is 0. The summed E-state index contributed by atoms with van der Waals surface area (Å²) in [5.74, 6) is -0.259. The number of nitrogens with one attached hydrogen (secondary N) is 1. The Bertz CT molecular complexity index is 709. The van der Waals surface area contributed by atoms with Crippen LogP contribution in [0.2, 0.25) is 0 Å². The van der Waals surface area contributed by atoms with Gasteiger partial charge in [0.2, 0.25) is 0 Å². The van der Waals surface area contributed by atoms with Crippen LogP contribution in [0.4, 0.5) is 5.69 Å². The number of nitrogens with zero attached hydrogens (tertiary/aromatic N) is 1. The van der Waals surface area contributed by atoms with Crippen molar-refractivity contribution < 1.29 is 19.7 Å². The highest BCUT2D eigenvalue weighted by molar-refractivity contribution is 6.01. The zero-order valence-corrected chi connectivity index (χ0v) is 12.2. The number of aromatic carboxylic acids is 1. The zero-order valence-electron chi connectivity index (χ0n) is 12.2. The van der Waals surface area contributed by atoms with Crippen LogP contribution in [0.5, 0.6) is 11.5 Å². The molecule has 2 aromatic carbocycles. The van der Waals surface area contributed by atoms with Crippen LogP contribution in [-0.2, 0) is 0 Å². The highest BCUT2D eigenvalue weighted by Gasteiger charge is 2.07. The highest BCUT2D eigenvalue weighted by Crippen LogP contribution is 2.23. The summed E-state index contributed by atoms with van der Waals surface area (Å²) in [5.41, 5.74) is 4.79. The van der Waals surface area contributed by atoms with Crippen LogP contribution in [0.3, 0.4) is 0 Å². The van der Waals surface area contributed by atoms with E-state index >= 15 is 0 Å². The molecule has 2 rings (SSSR count). The molecule has 0 saturated heterocycles. The first kappa shape index (κ1) is 15.4. The van der Waals surface area contributed by atoms with E-state index in [4.69, 9.17) is 9.84 Å². The number of ether oxygens (including phenoxy) is 1. The number of hydrazone groups is 1. The second-order valence-corrected chi connectivity index (χ2v) is 4.57. The van der Waals surface area contributed by atoms with E-state index in [1.807, 2.05) is 0 Å². The number of carboxylic acids is 1. The number of phenols is 1. The van der Waals surface area contributed by atoms with Gasteiger partial charge in [0, 0.05) is 5.56 Å². The topological polar surface area (TPSA) is 91.2 Å². The molecule has 0 spiro atoms. The largest absolute Gasteiger partial charge is 0.507 e. The minimum Gasteiger partial charge on any atom is -0.507 e. The maximum absolute atomic E-state index is 10.8. The monoisotopic (exact) mass is 300 g/mol. The summed E-state index contributed by atoms with van der Waals surface area (Å²) in [6.07, 6.45) is 0. The molecule has 0 amide bonds. The van der Waals surface area contributed by atoms with E-state index < -0.39 is 5.97 Å². The van der Waals surface area contributed by atoms with Crippen molar-refractivity contribution in [3.8, 4) is 11.5 Å². The number of carbonyl (C=O) groups is 1. The second-order valence-electron chi connectivity index (χ2n) is 4.57. The van der Waals surface area contributed by atoms with Crippen molar-refractivity contribution >= 4 is 17.4 Å². The second kappa shape index (κ2) is 6.62. The summed E-state index contributed by atoms with van der Waals surface area (Å²) in [6.45, 7) is 1.74. The predicted molar refractivity (Wildman–Crippen MR) is 83.9 cm³/mol. The maximum atomic E-state index is 10.8. The molecule has 0 atom stereocenters. The van der Waals surface area contributed by atoms with Gasteiger partial charge in [-0.25, -0.2) is 4.79 Å². The van der Waals surface area contributed by atoms with E-state index in [-0.39, 0.29) is 11.3 Å². The van der Waals surface area contributed by atoms with Gasteiger partial charge >= 0.3 is 5.97 Å². The van der Waals surface area contributed by atoms with Crippen LogP contribution in [0.1, 0.15) is 22.8 Å². The molecule has 22 heavy (non-hydrogen) atoms. The van der Waals surface area contributed by atoms with Gasteiger partial charge in [-0.05, 0) is 49.4 Å². The SMILES string of the molecule is COc1ccc(O)c(/C(C)=N/Nc2ccc(C(=O)O)cc2)c1. The molecule has 3 N–H and O–H groups in total. The van der Waals surface area contributed by atoms with Crippen LogP contribution < -0.4 is 10.2 Å². The molecule has 0 unspecified atom stereocenters. The zero-order chi connectivity index (χ0) is 16.1. The molecule has 0 aliphatic carbocycles. The van der Waals surface area contributed by atoms with Crippen molar-refractivity contribution in [1.29, 1.82) is 0 Å². The van der Waals surface area contributed by atoms with Crippen molar-refractivity contribution in [3.63, 3.8) is 0 Å². The van der Waals surface area contributed by atoms with Gasteiger partial charge in [0.1, 0.15) is 11.5 Å². The summed E-state index contributed by atoms with van der Waals surface area (Å²) in [5, 5.41) is 22.9. The van der Waals surface area contributed by atoms with Gasteiger partial charge in [-0.15, -0.1) is 0 Å². The van der Waals surface area contributed by atoms with Crippen molar-refractivity contribution in [2.24, 2.45) is 5.10 Å². The molecule has 0 aliphatic heterocycles. The van der Waals surface area contributed by atoms with E-state index in [0.717, 1.165) is 0 Å². The van der Waals surface area contributed by atoms with Crippen molar-refractivity contribution in [1.82, 2.24) is 0 Å². The van der Waals surface area contributed by atoms with Gasteiger partial charge in [0.15, 0.2) is 0 Å². The third kappa shape index (κ3) is 3.54. The summed E-state index contributed by atoms with van der Waals surface area (Å²) in [7, 11) is 1.55. The normalized spacial score (nSPS) is 11.1. The van der Waals surface area contributed by atoms with Gasteiger partial charge in [0.05, 0.1) is 24.1 Å². The fraction of sp³-hybridized carbons (Fsp3) is 0.125. The van der Waals surface area contributed by atoms with Gasteiger partial charge in [-0.1, -0.05) is 0 Å². The lowest BCUT2D eigenvalue weighted by Gasteiger charge is -2.08. The molecule has 0 saturated carbocycles. The molecule has 0 fully saturated rings. The van der Waals surface area contributed by atoms with Crippen LogP contribution in [-0.4, -0.2) is 29.0 Å². The Morgan fingerprint density at radius 1 is 1.18 bits per heavy atom. The van der Waals surface area contributed by atoms with Crippen molar-refractivity contribution in [2.45, 2.75) is 6.92 Å². The number of rotatable bonds is 5. The maximum Gasteiger partial charge on any atom is 0.335 e. The number of phenolic OH excluding ortho intramolecular Hbond substituents is 1. The molecule has 6 heteroatoms. The molecule has 0 aromatic heterocycles. The number of aromatic hydroxyl groups is 1. The molecule has 2 aromatic rings. The number of anilines is 1. The Kier molecular flexibility index (Phi) is 4.63. The predicted octanol–water partition coefficient (Wildman–Crippen LogP) is 2.94. The summed E-state index contributed by atoms with van der Waals surface area (Å²) in [6, 6.07) is 11.1. The van der Waals surface area contributed by atoms with E-state index in [9.17, 15) is 9.90 Å². The standard InChI is InChI=1S/C16H16N2O4/c1-10(14-9-13(22-2)7-8-15(14)19)17-18-12-5-3-11(4-6-12)16(20)21/h3-9,18-19H,1-2H3,(H,20,21)/b17-10+. The Morgan fingerprint density at radius 3 is 2.45 bits per heavy atom. The average molecular weight is 300 g/mol. The fourth-order valence-electron chi connectivity index (χ4n) is 1.83. The molecule has 0 heterocycles.